The number of rotatable bonds is 4. The van der Waals surface area contributed by atoms with Gasteiger partial charge in [0.05, 0.1) is 6.61 Å². The minimum atomic E-state index is -0.274. The normalized spacial score (nSPS) is 15.7. The standard InChI is InChI=1S/C21H24O2/c1-16(2)14-15-23-21(19-8-5-4-6-9-19)13-12-18-10-7-11-20(22)17(18)3/h4-6,8-9,14,21H,7,10-11,15H2,1-3H3. The quantitative estimate of drug-likeness (QED) is 0.591. The van der Waals surface area contributed by atoms with Gasteiger partial charge in [0.15, 0.2) is 5.78 Å². The van der Waals surface area contributed by atoms with Crippen LogP contribution in [0.2, 0.25) is 0 Å². The molecule has 1 aromatic carbocycles. The van der Waals surface area contributed by atoms with Crippen molar-refractivity contribution in [2.24, 2.45) is 0 Å². The summed E-state index contributed by atoms with van der Waals surface area (Å²) in [5.41, 5.74) is 4.05. The van der Waals surface area contributed by atoms with Crippen LogP contribution in [0.5, 0.6) is 0 Å². The van der Waals surface area contributed by atoms with Gasteiger partial charge in [-0.3, -0.25) is 4.79 Å². The number of benzene rings is 1. The lowest BCUT2D eigenvalue weighted by Gasteiger charge is -2.14. The fourth-order valence-electron chi connectivity index (χ4n) is 2.44. The zero-order valence-corrected chi connectivity index (χ0v) is 14.2. The number of allylic oxidation sites excluding steroid dienone is 3. The van der Waals surface area contributed by atoms with Crippen LogP contribution in [-0.2, 0) is 9.53 Å². The van der Waals surface area contributed by atoms with E-state index in [0.29, 0.717) is 13.0 Å². The summed E-state index contributed by atoms with van der Waals surface area (Å²) in [4.78, 5) is 11.8. The third kappa shape index (κ3) is 5.23. The van der Waals surface area contributed by atoms with Crippen molar-refractivity contribution in [2.75, 3.05) is 6.61 Å². The lowest BCUT2D eigenvalue weighted by molar-refractivity contribution is -0.116. The molecule has 0 radical (unpaired) electrons. The Hall–Kier alpha value is -2.11. The summed E-state index contributed by atoms with van der Waals surface area (Å²) in [6.07, 6.45) is 4.21. The van der Waals surface area contributed by atoms with Gasteiger partial charge in [0, 0.05) is 17.6 Å². The van der Waals surface area contributed by atoms with Crippen molar-refractivity contribution in [2.45, 2.75) is 46.1 Å². The van der Waals surface area contributed by atoms with E-state index in [2.05, 4.69) is 11.8 Å². The van der Waals surface area contributed by atoms with Crippen LogP contribution >= 0.6 is 0 Å². The first-order valence-electron chi connectivity index (χ1n) is 8.12. The molecule has 0 fully saturated rings. The molecule has 0 aromatic heterocycles. The van der Waals surface area contributed by atoms with Gasteiger partial charge in [-0.25, -0.2) is 0 Å². The Kier molecular flexibility index (Phi) is 6.38. The molecular weight excluding hydrogens is 284 g/mol. The number of ether oxygens (including phenoxy) is 1. The van der Waals surface area contributed by atoms with Gasteiger partial charge >= 0.3 is 0 Å². The van der Waals surface area contributed by atoms with E-state index in [9.17, 15) is 4.79 Å². The largest absolute Gasteiger partial charge is 0.357 e. The summed E-state index contributed by atoms with van der Waals surface area (Å²) in [6.45, 7) is 6.52. The summed E-state index contributed by atoms with van der Waals surface area (Å²) in [7, 11) is 0. The molecule has 1 unspecified atom stereocenters. The third-order valence-electron chi connectivity index (χ3n) is 3.91. The zero-order valence-electron chi connectivity index (χ0n) is 14.2. The maximum Gasteiger partial charge on any atom is 0.159 e. The van der Waals surface area contributed by atoms with Crippen LogP contribution in [0.1, 0.15) is 51.7 Å². The minimum absolute atomic E-state index is 0.224. The Balaban J connectivity index is 2.21. The fourth-order valence-corrected chi connectivity index (χ4v) is 2.44. The van der Waals surface area contributed by atoms with Crippen LogP contribution in [-0.4, -0.2) is 12.4 Å². The maximum atomic E-state index is 11.8. The van der Waals surface area contributed by atoms with Crippen molar-refractivity contribution >= 4 is 5.78 Å². The molecule has 1 aliphatic carbocycles. The molecule has 120 valence electrons. The molecule has 23 heavy (non-hydrogen) atoms. The molecule has 2 rings (SSSR count). The number of carbonyl (C=O) groups excluding carboxylic acids is 1. The van der Waals surface area contributed by atoms with Gasteiger partial charge < -0.3 is 4.74 Å². The molecule has 0 spiro atoms. The Labute approximate surface area is 139 Å². The molecule has 1 aromatic rings. The Morgan fingerprint density at radius 3 is 2.70 bits per heavy atom. The van der Waals surface area contributed by atoms with Gasteiger partial charge in [0.1, 0.15) is 6.10 Å². The predicted molar refractivity (Wildman–Crippen MR) is 93.9 cm³/mol. The van der Waals surface area contributed by atoms with E-state index >= 15 is 0 Å². The highest BCUT2D eigenvalue weighted by molar-refractivity contribution is 5.97. The van der Waals surface area contributed by atoms with E-state index in [1.54, 1.807) is 0 Å². The molecule has 0 saturated carbocycles. The second-order valence-corrected chi connectivity index (χ2v) is 6.06. The lowest BCUT2D eigenvalue weighted by atomic mass is 9.92. The lowest BCUT2D eigenvalue weighted by Crippen LogP contribution is -2.08. The summed E-state index contributed by atoms with van der Waals surface area (Å²) in [6, 6.07) is 10.0. The molecule has 1 atom stereocenters. The van der Waals surface area contributed by atoms with Crippen LogP contribution in [0.3, 0.4) is 0 Å². The van der Waals surface area contributed by atoms with Crippen molar-refractivity contribution in [1.82, 2.24) is 0 Å². The van der Waals surface area contributed by atoms with Crippen molar-refractivity contribution in [3.05, 3.63) is 58.7 Å². The zero-order chi connectivity index (χ0) is 16.7. The van der Waals surface area contributed by atoms with Gasteiger partial charge in [-0.1, -0.05) is 53.8 Å². The second-order valence-electron chi connectivity index (χ2n) is 6.06. The number of ketones is 1. The first-order valence-corrected chi connectivity index (χ1v) is 8.12. The molecule has 0 bridgehead atoms. The highest BCUT2D eigenvalue weighted by Crippen LogP contribution is 2.22. The predicted octanol–water partition coefficient (Wildman–Crippen LogP) is 4.78. The molecular formula is C21H24O2. The molecule has 0 saturated heterocycles. The number of carbonyl (C=O) groups is 1. The van der Waals surface area contributed by atoms with E-state index < -0.39 is 0 Å². The molecule has 0 aliphatic heterocycles. The summed E-state index contributed by atoms with van der Waals surface area (Å²) in [5.74, 6) is 6.64. The van der Waals surface area contributed by atoms with Crippen molar-refractivity contribution in [1.29, 1.82) is 0 Å². The Morgan fingerprint density at radius 2 is 2.00 bits per heavy atom. The van der Waals surface area contributed by atoms with E-state index in [4.69, 9.17) is 4.74 Å². The molecule has 0 heterocycles. The van der Waals surface area contributed by atoms with Gasteiger partial charge in [-0.15, -0.1) is 0 Å². The molecule has 2 heteroatoms. The SMILES string of the molecule is CC(C)=CCOC(C#CC1=C(C)C(=O)CCC1)c1ccccc1. The summed E-state index contributed by atoms with van der Waals surface area (Å²) < 4.78 is 5.93. The van der Waals surface area contributed by atoms with E-state index in [-0.39, 0.29) is 11.9 Å². The van der Waals surface area contributed by atoms with Crippen LogP contribution in [0.25, 0.3) is 0 Å². The van der Waals surface area contributed by atoms with Crippen LogP contribution in [0, 0.1) is 11.8 Å². The Bertz CT molecular complexity index is 665. The molecule has 1 aliphatic rings. The molecule has 0 amide bonds. The number of Topliss-reactive ketones (excluding diaryl/α,β-unsaturated/α-hetero) is 1. The van der Waals surface area contributed by atoms with Crippen molar-refractivity contribution in [3.63, 3.8) is 0 Å². The Morgan fingerprint density at radius 1 is 1.26 bits per heavy atom. The second kappa shape index (κ2) is 8.50. The van der Waals surface area contributed by atoms with E-state index in [1.165, 1.54) is 5.57 Å². The topological polar surface area (TPSA) is 26.3 Å². The van der Waals surface area contributed by atoms with Gasteiger partial charge in [0.2, 0.25) is 0 Å². The minimum Gasteiger partial charge on any atom is -0.357 e. The number of hydrogen-bond donors (Lipinski definition) is 0. The highest BCUT2D eigenvalue weighted by atomic mass is 16.5. The molecule has 0 N–H and O–H groups in total. The average Bonchev–Trinajstić information content (AvgIpc) is 2.55. The first kappa shape index (κ1) is 17.2. The van der Waals surface area contributed by atoms with Crippen molar-refractivity contribution in [3.8, 4) is 11.8 Å². The van der Waals surface area contributed by atoms with Crippen LogP contribution < -0.4 is 0 Å². The average molecular weight is 308 g/mol. The monoisotopic (exact) mass is 308 g/mol. The van der Waals surface area contributed by atoms with Gasteiger partial charge in [-0.2, -0.15) is 0 Å². The molecule has 2 nitrogen and oxygen atoms in total. The summed E-state index contributed by atoms with van der Waals surface area (Å²) >= 11 is 0. The highest BCUT2D eigenvalue weighted by Gasteiger charge is 2.15. The van der Waals surface area contributed by atoms with Crippen LogP contribution in [0.15, 0.2) is 53.1 Å². The van der Waals surface area contributed by atoms with Gasteiger partial charge in [0.25, 0.3) is 0 Å². The van der Waals surface area contributed by atoms with Crippen molar-refractivity contribution < 1.29 is 9.53 Å². The fraction of sp³-hybridized carbons (Fsp3) is 0.381. The van der Waals surface area contributed by atoms with Crippen LogP contribution in [0.4, 0.5) is 0 Å². The smallest absolute Gasteiger partial charge is 0.159 e. The van der Waals surface area contributed by atoms with E-state index in [0.717, 1.165) is 29.6 Å². The number of hydrogen-bond acceptors (Lipinski definition) is 2. The van der Waals surface area contributed by atoms with Gasteiger partial charge in [-0.05, 0) is 39.2 Å². The third-order valence-corrected chi connectivity index (χ3v) is 3.91. The summed E-state index contributed by atoms with van der Waals surface area (Å²) in [5, 5.41) is 0. The maximum absolute atomic E-state index is 11.8. The first-order chi connectivity index (χ1) is 11.1. The van der Waals surface area contributed by atoms with E-state index in [1.807, 2.05) is 57.2 Å².